The van der Waals surface area contributed by atoms with E-state index >= 15 is 0 Å². The number of hydrogen-bond acceptors (Lipinski definition) is 14. The van der Waals surface area contributed by atoms with E-state index in [9.17, 15) is 40.5 Å². The van der Waals surface area contributed by atoms with Crippen LogP contribution in [0.1, 0.15) is 18.6 Å². The Kier molecular flexibility index (Phi) is 8.94. The molecule has 3 heterocycles. The molecule has 0 unspecified atom stereocenters. The average molecular weight is 607 g/mol. The summed E-state index contributed by atoms with van der Waals surface area (Å²) >= 11 is 0. The summed E-state index contributed by atoms with van der Waals surface area (Å²) in [7, 11) is 2.79. The summed E-state index contributed by atoms with van der Waals surface area (Å²) in [6.45, 7) is 0.686. The minimum absolute atomic E-state index is 0.0408. The smallest absolute Gasteiger partial charge is 0.197 e. The maximum absolute atomic E-state index is 13.3. The third-order valence-electron chi connectivity index (χ3n) is 7.84. The Hall–Kier alpha value is -3.31. The lowest BCUT2D eigenvalue weighted by atomic mass is 9.89. The standard InChI is InChI=1S/C29H34O14/c1-11-21(32)24(35)26(37)29(40-11)43-28-25(36)22(33)18(10-30)42-27(28)20-16(39-3)9-17-19(23(20)34)14(31)8-15(41-17)12-4-6-13(38-2)7-5-12/h4-9,11,18,21-22,24-30,32-37H,10H2,1-3H3/t11-,18+,21+,22+,24+,25-,26+,27-,28+,29-/m0/s1. The van der Waals surface area contributed by atoms with Crippen molar-refractivity contribution in [1.29, 1.82) is 0 Å². The van der Waals surface area contributed by atoms with Gasteiger partial charge in [0.25, 0.3) is 0 Å². The van der Waals surface area contributed by atoms with Crippen molar-refractivity contribution < 1.29 is 63.8 Å². The molecular weight excluding hydrogens is 572 g/mol. The van der Waals surface area contributed by atoms with Gasteiger partial charge >= 0.3 is 0 Å². The number of phenols is 1. The van der Waals surface area contributed by atoms with Crippen LogP contribution >= 0.6 is 0 Å². The number of fused-ring (bicyclic) bond motifs is 1. The third-order valence-corrected chi connectivity index (χ3v) is 7.84. The molecule has 43 heavy (non-hydrogen) atoms. The first-order valence-corrected chi connectivity index (χ1v) is 13.5. The predicted octanol–water partition coefficient (Wildman–Crippen LogP) is -0.451. The van der Waals surface area contributed by atoms with E-state index in [0.717, 1.165) is 0 Å². The number of methoxy groups -OCH3 is 2. The molecule has 1 aromatic heterocycles. The zero-order chi connectivity index (χ0) is 31.2. The van der Waals surface area contributed by atoms with Crippen molar-refractivity contribution in [3.63, 3.8) is 0 Å². The zero-order valence-corrected chi connectivity index (χ0v) is 23.4. The van der Waals surface area contributed by atoms with Gasteiger partial charge in [-0.2, -0.15) is 0 Å². The molecule has 10 atom stereocenters. The van der Waals surface area contributed by atoms with E-state index in [1.807, 2.05) is 0 Å². The van der Waals surface area contributed by atoms with Gasteiger partial charge in [-0.05, 0) is 31.2 Å². The Morgan fingerprint density at radius 2 is 1.56 bits per heavy atom. The maximum atomic E-state index is 13.3. The van der Waals surface area contributed by atoms with Crippen molar-refractivity contribution in [2.45, 2.75) is 68.1 Å². The first-order valence-electron chi connectivity index (χ1n) is 13.5. The lowest BCUT2D eigenvalue weighted by Gasteiger charge is -2.46. The van der Waals surface area contributed by atoms with E-state index in [-0.39, 0.29) is 28.0 Å². The van der Waals surface area contributed by atoms with Gasteiger partial charge < -0.3 is 63.8 Å². The van der Waals surface area contributed by atoms with Crippen LogP contribution in [0.5, 0.6) is 17.2 Å². The normalized spacial score (nSPS) is 33.0. The molecule has 14 heteroatoms. The highest BCUT2D eigenvalue weighted by Gasteiger charge is 2.51. The van der Waals surface area contributed by atoms with Crippen LogP contribution in [-0.4, -0.2) is 112 Å². The maximum Gasteiger partial charge on any atom is 0.197 e. The van der Waals surface area contributed by atoms with Gasteiger partial charge in [0, 0.05) is 17.7 Å². The molecule has 2 aliphatic rings. The molecule has 234 valence electrons. The molecule has 0 bridgehead atoms. The van der Waals surface area contributed by atoms with E-state index in [1.165, 1.54) is 33.3 Å². The largest absolute Gasteiger partial charge is 0.506 e. The first-order chi connectivity index (χ1) is 20.5. The summed E-state index contributed by atoms with van der Waals surface area (Å²) in [4.78, 5) is 13.3. The number of rotatable bonds is 7. The number of phenolic OH excluding ortho intramolecular Hbond substituents is 1. The number of aromatic hydroxyl groups is 1. The van der Waals surface area contributed by atoms with Crippen LogP contribution in [0.15, 0.2) is 45.6 Å². The minimum atomic E-state index is -1.79. The first kappa shape index (κ1) is 31.1. The molecule has 14 nitrogen and oxygen atoms in total. The van der Waals surface area contributed by atoms with Crippen molar-refractivity contribution in [2.24, 2.45) is 0 Å². The summed E-state index contributed by atoms with van der Waals surface area (Å²) < 4.78 is 33.8. The van der Waals surface area contributed by atoms with Crippen molar-refractivity contribution in [2.75, 3.05) is 20.8 Å². The molecule has 5 rings (SSSR count). The highest BCUT2D eigenvalue weighted by molar-refractivity contribution is 5.88. The van der Waals surface area contributed by atoms with E-state index in [4.69, 9.17) is 28.1 Å². The van der Waals surface area contributed by atoms with Gasteiger partial charge in [-0.25, -0.2) is 0 Å². The highest BCUT2D eigenvalue weighted by Crippen LogP contribution is 2.46. The molecule has 0 radical (unpaired) electrons. The minimum Gasteiger partial charge on any atom is -0.506 e. The van der Waals surface area contributed by atoms with Crippen LogP contribution in [0.3, 0.4) is 0 Å². The zero-order valence-electron chi connectivity index (χ0n) is 23.4. The Morgan fingerprint density at radius 3 is 2.19 bits per heavy atom. The van der Waals surface area contributed by atoms with Gasteiger partial charge in [-0.15, -0.1) is 0 Å². The van der Waals surface area contributed by atoms with Crippen LogP contribution in [0, 0.1) is 0 Å². The fourth-order valence-electron chi connectivity index (χ4n) is 5.39. The summed E-state index contributed by atoms with van der Waals surface area (Å²) in [5, 5.41) is 73.6. The van der Waals surface area contributed by atoms with Crippen molar-refractivity contribution >= 4 is 11.0 Å². The van der Waals surface area contributed by atoms with Crippen LogP contribution in [0.4, 0.5) is 0 Å². The Labute approximate surface area is 244 Å². The van der Waals surface area contributed by atoms with Gasteiger partial charge in [0.15, 0.2) is 11.7 Å². The molecule has 2 fully saturated rings. The van der Waals surface area contributed by atoms with Crippen molar-refractivity contribution in [3.05, 3.63) is 52.2 Å². The van der Waals surface area contributed by atoms with Crippen LogP contribution in [0.25, 0.3) is 22.3 Å². The van der Waals surface area contributed by atoms with Crippen LogP contribution in [0.2, 0.25) is 0 Å². The topological polar surface area (TPSA) is 218 Å². The molecular formula is C29H34O14. The van der Waals surface area contributed by atoms with E-state index in [1.54, 1.807) is 24.3 Å². The van der Waals surface area contributed by atoms with E-state index < -0.39 is 79.0 Å². The van der Waals surface area contributed by atoms with Crippen molar-refractivity contribution in [3.8, 4) is 28.6 Å². The van der Waals surface area contributed by atoms with E-state index in [0.29, 0.717) is 11.3 Å². The fourth-order valence-corrected chi connectivity index (χ4v) is 5.39. The molecule has 2 saturated heterocycles. The molecule has 2 aliphatic heterocycles. The molecule has 3 aromatic rings. The Balaban J connectivity index is 1.60. The lowest BCUT2D eigenvalue weighted by molar-refractivity contribution is -0.338. The van der Waals surface area contributed by atoms with Gasteiger partial charge in [0.1, 0.15) is 82.8 Å². The van der Waals surface area contributed by atoms with Crippen LogP contribution in [-0.2, 0) is 14.2 Å². The quantitative estimate of drug-likeness (QED) is 0.181. The lowest BCUT2D eigenvalue weighted by Crippen LogP contribution is -2.61. The number of hydrogen-bond donors (Lipinski definition) is 7. The number of aliphatic hydroxyl groups is 6. The van der Waals surface area contributed by atoms with Gasteiger partial charge in [-0.3, -0.25) is 4.79 Å². The number of benzene rings is 2. The predicted molar refractivity (Wildman–Crippen MR) is 147 cm³/mol. The second-order valence-electron chi connectivity index (χ2n) is 10.5. The molecule has 2 aromatic carbocycles. The summed E-state index contributed by atoms with van der Waals surface area (Å²) in [6, 6.07) is 9.26. The molecule has 7 N–H and O–H groups in total. The Morgan fingerprint density at radius 1 is 0.860 bits per heavy atom. The number of ether oxygens (including phenoxy) is 5. The van der Waals surface area contributed by atoms with E-state index in [2.05, 4.69) is 0 Å². The van der Waals surface area contributed by atoms with Crippen LogP contribution < -0.4 is 14.9 Å². The second-order valence-corrected chi connectivity index (χ2v) is 10.5. The summed E-state index contributed by atoms with van der Waals surface area (Å²) in [5.41, 5.74) is -0.298. The number of aliphatic hydroxyl groups excluding tert-OH is 6. The third kappa shape index (κ3) is 5.57. The van der Waals surface area contributed by atoms with Gasteiger partial charge in [0.2, 0.25) is 0 Å². The second kappa shape index (κ2) is 12.4. The fraction of sp³-hybridized carbons (Fsp3) is 0.483. The van der Waals surface area contributed by atoms with Gasteiger partial charge in [-0.1, -0.05) is 0 Å². The van der Waals surface area contributed by atoms with Crippen molar-refractivity contribution in [1.82, 2.24) is 0 Å². The molecule has 0 amide bonds. The SMILES string of the molecule is COc1ccc(-c2cc(=O)c3c(O)c([C@@H]4O[C@H](CO)[C@@H](O)[C@H](O)[C@H]4O[C@@H]4O[C@@H](C)[C@@H](O)[C@@H](O)[C@H]4O)c(OC)cc3o2)cc1. The van der Waals surface area contributed by atoms with Gasteiger partial charge in [0.05, 0.1) is 32.5 Å². The molecule has 0 spiro atoms. The Bertz CT molecular complexity index is 1490. The monoisotopic (exact) mass is 606 g/mol. The average Bonchev–Trinajstić information content (AvgIpc) is 3.00. The molecule has 0 saturated carbocycles. The highest BCUT2D eigenvalue weighted by atomic mass is 16.7. The summed E-state index contributed by atoms with van der Waals surface area (Å²) in [6.07, 6.45) is -15.5. The summed E-state index contributed by atoms with van der Waals surface area (Å²) in [5.74, 6) is 0.0894. The molecule has 0 aliphatic carbocycles.